The fourth-order valence-corrected chi connectivity index (χ4v) is 2.29. The Hall–Kier alpha value is -1.66. The number of hydrogen-bond donors (Lipinski definition) is 0. The van der Waals surface area contributed by atoms with Crippen LogP contribution in [0.1, 0.15) is 18.9 Å². The first-order chi connectivity index (χ1) is 8.89. The molecule has 19 heavy (non-hydrogen) atoms. The molecular weight excluding hydrogens is 268 g/mol. The average Bonchev–Trinajstić information content (AvgIpc) is 2.38. The van der Waals surface area contributed by atoms with Crippen LogP contribution in [0.2, 0.25) is 0 Å². The molecule has 0 aliphatic heterocycles. The molecule has 1 unspecified atom stereocenters. The van der Waals surface area contributed by atoms with E-state index in [2.05, 4.69) is 6.58 Å². The first-order valence-corrected chi connectivity index (χ1v) is 7.13. The molecule has 0 aliphatic carbocycles. The van der Waals surface area contributed by atoms with Crippen LogP contribution in [-0.2, 0) is 23.8 Å². The lowest BCUT2D eigenvalue weighted by Crippen LogP contribution is -2.23. The van der Waals surface area contributed by atoms with Gasteiger partial charge in [0.25, 0.3) is 10.1 Å². The highest BCUT2D eigenvalue weighted by atomic mass is 32.2. The van der Waals surface area contributed by atoms with Gasteiger partial charge >= 0.3 is 5.97 Å². The summed E-state index contributed by atoms with van der Waals surface area (Å²) in [6, 6.07) is 6.19. The topological polar surface area (TPSA) is 69.7 Å². The Morgan fingerprint density at radius 2 is 1.95 bits per heavy atom. The molecule has 1 atom stereocenters. The fraction of sp³-hybridized carbons (Fsp3) is 0.308. The quantitative estimate of drug-likeness (QED) is 0.346. The Balaban J connectivity index is 2.85. The van der Waals surface area contributed by atoms with E-state index >= 15 is 0 Å². The van der Waals surface area contributed by atoms with Crippen molar-refractivity contribution < 1.29 is 22.1 Å². The molecule has 0 N–H and O–H groups in total. The smallest absolute Gasteiger partial charge is 0.332 e. The normalized spacial score (nSPS) is 12.7. The van der Waals surface area contributed by atoms with Crippen molar-refractivity contribution in [2.45, 2.75) is 31.5 Å². The molecule has 0 saturated carbocycles. The molecule has 1 rings (SSSR count). The molecule has 0 heterocycles. The van der Waals surface area contributed by atoms with Crippen molar-refractivity contribution in [3.8, 4) is 0 Å². The van der Waals surface area contributed by atoms with Crippen LogP contribution in [0.25, 0.3) is 0 Å². The second-order valence-electron chi connectivity index (χ2n) is 3.84. The zero-order chi connectivity index (χ0) is 14.5. The largest absolute Gasteiger partial charge is 0.431 e. The minimum Gasteiger partial charge on any atom is -0.431 e. The first kappa shape index (κ1) is 15.4. The monoisotopic (exact) mass is 284 g/mol. The van der Waals surface area contributed by atoms with Gasteiger partial charge in [-0.2, -0.15) is 8.42 Å². The van der Waals surface area contributed by atoms with E-state index in [9.17, 15) is 13.2 Å². The molecule has 0 bridgehead atoms. The Kier molecular flexibility index (Phi) is 5.26. The van der Waals surface area contributed by atoms with E-state index in [1.54, 1.807) is 19.1 Å². The van der Waals surface area contributed by atoms with Gasteiger partial charge in [-0.15, -0.1) is 0 Å². The Morgan fingerprint density at radius 3 is 2.42 bits per heavy atom. The lowest BCUT2D eigenvalue weighted by Gasteiger charge is -2.15. The van der Waals surface area contributed by atoms with Gasteiger partial charge in [0.15, 0.2) is 0 Å². The highest BCUT2D eigenvalue weighted by molar-refractivity contribution is 7.86. The van der Waals surface area contributed by atoms with Gasteiger partial charge in [0.1, 0.15) is 0 Å². The summed E-state index contributed by atoms with van der Waals surface area (Å²) in [7, 11) is -3.95. The number of esters is 1. The van der Waals surface area contributed by atoms with Crippen molar-refractivity contribution >= 4 is 16.1 Å². The molecule has 5 nitrogen and oxygen atoms in total. The molecule has 6 heteroatoms. The van der Waals surface area contributed by atoms with Crippen LogP contribution < -0.4 is 0 Å². The Bertz CT molecular complexity index is 545. The molecule has 0 radical (unpaired) electrons. The third kappa shape index (κ3) is 4.50. The SMILES string of the molecule is C=CC(=O)OC(CC)OS(=O)(=O)c1ccc(C)cc1. The van der Waals surface area contributed by atoms with E-state index < -0.39 is 22.4 Å². The van der Waals surface area contributed by atoms with Crippen LogP contribution in [-0.4, -0.2) is 20.7 Å². The maximum absolute atomic E-state index is 11.9. The van der Waals surface area contributed by atoms with Gasteiger partial charge in [-0.3, -0.25) is 0 Å². The molecule has 0 aliphatic rings. The lowest BCUT2D eigenvalue weighted by atomic mass is 10.2. The minimum absolute atomic E-state index is 0.0196. The number of carbonyl (C=O) groups excluding carboxylic acids is 1. The van der Waals surface area contributed by atoms with Crippen LogP contribution in [0.3, 0.4) is 0 Å². The van der Waals surface area contributed by atoms with E-state index in [0.29, 0.717) is 0 Å². The summed E-state index contributed by atoms with van der Waals surface area (Å²) >= 11 is 0. The number of aryl methyl sites for hydroxylation is 1. The summed E-state index contributed by atoms with van der Waals surface area (Å²) in [5.41, 5.74) is 0.934. The van der Waals surface area contributed by atoms with Gasteiger partial charge in [0, 0.05) is 12.5 Å². The second kappa shape index (κ2) is 6.49. The predicted molar refractivity (Wildman–Crippen MR) is 69.8 cm³/mol. The molecule has 0 aromatic heterocycles. The minimum atomic E-state index is -3.95. The van der Waals surface area contributed by atoms with Gasteiger partial charge in [-0.25, -0.2) is 8.98 Å². The molecule has 0 amide bonds. The number of hydrogen-bond acceptors (Lipinski definition) is 5. The molecular formula is C13H16O5S. The zero-order valence-corrected chi connectivity index (χ0v) is 11.6. The van der Waals surface area contributed by atoms with Crippen LogP contribution in [0.4, 0.5) is 0 Å². The standard InChI is InChI=1S/C13H16O5S/c1-4-12(14)17-13(5-2)18-19(15,16)11-8-6-10(3)7-9-11/h4,6-9,13H,1,5H2,2-3H3. The summed E-state index contributed by atoms with van der Waals surface area (Å²) < 4.78 is 33.5. The van der Waals surface area contributed by atoms with Crippen molar-refractivity contribution in [2.75, 3.05) is 0 Å². The van der Waals surface area contributed by atoms with Crippen LogP contribution >= 0.6 is 0 Å². The Morgan fingerprint density at radius 1 is 1.37 bits per heavy atom. The van der Waals surface area contributed by atoms with E-state index in [4.69, 9.17) is 8.92 Å². The van der Waals surface area contributed by atoms with Gasteiger partial charge in [-0.05, 0) is 19.1 Å². The second-order valence-corrected chi connectivity index (χ2v) is 5.41. The fourth-order valence-electron chi connectivity index (χ4n) is 1.25. The summed E-state index contributed by atoms with van der Waals surface area (Å²) in [6.45, 7) is 6.72. The maximum atomic E-state index is 11.9. The van der Waals surface area contributed by atoms with Crippen LogP contribution in [0.15, 0.2) is 41.8 Å². The number of ether oxygens (including phenoxy) is 1. The summed E-state index contributed by atoms with van der Waals surface area (Å²) in [4.78, 5) is 11.1. The number of carbonyl (C=O) groups is 1. The molecule has 0 fully saturated rings. The average molecular weight is 284 g/mol. The predicted octanol–water partition coefficient (Wildman–Crippen LogP) is 2.17. The van der Waals surface area contributed by atoms with Gasteiger partial charge in [0.05, 0.1) is 4.90 Å². The molecule has 0 saturated heterocycles. The van der Waals surface area contributed by atoms with E-state index in [-0.39, 0.29) is 11.3 Å². The Labute approximate surface area is 113 Å². The van der Waals surface area contributed by atoms with Crippen molar-refractivity contribution in [3.05, 3.63) is 42.5 Å². The van der Waals surface area contributed by atoms with Crippen molar-refractivity contribution in [1.29, 1.82) is 0 Å². The van der Waals surface area contributed by atoms with Crippen LogP contribution in [0, 0.1) is 6.92 Å². The zero-order valence-electron chi connectivity index (χ0n) is 10.8. The van der Waals surface area contributed by atoms with E-state index in [1.807, 2.05) is 6.92 Å². The van der Waals surface area contributed by atoms with Gasteiger partial charge in [0.2, 0.25) is 6.29 Å². The third-order valence-electron chi connectivity index (χ3n) is 2.29. The van der Waals surface area contributed by atoms with Crippen molar-refractivity contribution in [3.63, 3.8) is 0 Å². The maximum Gasteiger partial charge on any atom is 0.332 e. The molecule has 1 aromatic rings. The molecule has 104 valence electrons. The first-order valence-electron chi connectivity index (χ1n) is 5.72. The van der Waals surface area contributed by atoms with Crippen molar-refractivity contribution in [1.82, 2.24) is 0 Å². The van der Waals surface area contributed by atoms with E-state index in [0.717, 1.165) is 11.6 Å². The highest BCUT2D eigenvalue weighted by Crippen LogP contribution is 2.17. The number of benzene rings is 1. The number of rotatable bonds is 6. The lowest BCUT2D eigenvalue weighted by molar-refractivity contribution is -0.157. The summed E-state index contributed by atoms with van der Waals surface area (Å²) in [5.74, 6) is -0.731. The van der Waals surface area contributed by atoms with Gasteiger partial charge < -0.3 is 4.74 Å². The van der Waals surface area contributed by atoms with Crippen LogP contribution in [0.5, 0.6) is 0 Å². The van der Waals surface area contributed by atoms with Gasteiger partial charge in [-0.1, -0.05) is 31.2 Å². The highest BCUT2D eigenvalue weighted by Gasteiger charge is 2.22. The molecule has 1 aromatic carbocycles. The van der Waals surface area contributed by atoms with E-state index in [1.165, 1.54) is 12.1 Å². The summed E-state index contributed by atoms with van der Waals surface area (Å²) in [5, 5.41) is 0. The summed E-state index contributed by atoms with van der Waals surface area (Å²) in [6.07, 6.45) is 0.00615. The molecule has 0 spiro atoms. The third-order valence-corrected chi connectivity index (χ3v) is 3.61. The van der Waals surface area contributed by atoms with Crippen molar-refractivity contribution in [2.24, 2.45) is 0 Å².